The molecule has 0 bridgehead atoms. The fourth-order valence-electron chi connectivity index (χ4n) is 1.92. The zero-order valence-corrected chi connectivity index (χ0v) is 11.7. The molecule has 0 saturated heterocycles. The highest BCUT2D eigenvalue weighted by molar-refractivity contribution is 7.12. The first-order valence-electron chi connectivity index (χ1n) is 6.47. The van der Waals surface area contributed by atoms with Gasteiger partial charge in [0, 0.05) is 23.9 Å². The van der Waals surface area contributed by atoms with Gasteiger partial charge in [-0.3, -0.25) is 4.90 Å². The number of halogens is 3. The Balaban J connectivity index is 1.95. The van der Waals surface area contributed by atoms with Crippen LogP contribution in [-0.4, -0.2) is 35.4 Å². The molecule has 1 heterocycles. The van der Waals surface area contributed by atoms with Crippen molar-refractivity contribution in [1.29, 1.82) is 0 Å². The Hall–Kier alpha value is -1.03. The predicted molar refractivity (Wildman–Crippen MR) is 72.4 cm³/mol. The smallest absolute Gasteiger partial charge is 0.395 e. The van der Waals surface area contributed by atoms with Crippen LogP contribution >= 0.6 is 11.3 Å². The number of nitrogens with zero attached hydrogens (tertiary/aromatic N) is 1. The monoisotopic (exact) mass is 303 g/mol. The molecule has 0 radical (unpaired) electrons. The topological polar surface area (TPSA) is 23.5 Å². The lowest BCUT2D eigenvalue weighted by molar-refractivity contribution is -0.148. The molecule has 1 aliphatic carbocycles. The molecular weight excluding hydrogens is 287 g/mol. The molecule has 0 amide bonds. The van der Waals surface area contributed by atoms with Gasteiger partial charge >= 0.3 is 6.18 Å². The molecule has 110 valence electrons. The summed E-state index contributed by atoms with van der Waals surface area (Å²) < 4.78 is 37.6. The summed E-state index contributed by atoms with van der Waals surface area (Å²) >= 11 is 1.42. The van der Waals surface area contributed by atoms with Gasteiger partial charge in [-0.2, -0.15) is 13.2 Å². The molecule has 2 rings (SSSR count). The summed E-state index contributed by atoms with van der Waals surface area (Å²) in [6.45, 7) is -0.496. The molecule has 0 unspecified atom stereocenters. The minimum atomic E-state index is -4.15. The van der Waals surface area contributed by atoms with E-state index in [-0.39, 0.29) is 12.6 Å². The molecule has 1 aromatic heterocycles. The number of rotatable bonds is 5. The normalized spacial score (nSPS) is 15.2. The van der Waals surface area contributed by atoms with Gasteiger partial charge in [0.25, 0.3) is 0 Å². The summed E-state index contributed by atoms with van der Waals surface area (Å²) in [7, 11) is 0. The molecule has 1 N–H and O–H groups in total. The summed E-state index contributed by atoms with van der Waals surface area (Å²) in [6.07, 6.45) is -2.03. The van der Waals surface area contributed by atoms with Crippen molar-refractivity contribution in [3.05, 3.63) is 21.9 Å². The molecule has 1 aromatic rings. The fourth-order valence-corrected chi connectivity index (χ4v) is 2.83. The summed E-state index contributed by atoms with van der Waals surface area (Å²) in [5.74, 6) is 5.71. The molecular formula is C14H16F3NOS. The minimum Gasteiger partial charge on any atom is -0.395 e. The maximum absolute atomic E-state index is 12.5. The van der Waals surface area contributed by atoms with Gasteiger partial charge in [0.15, 0.2) is 0 Å². The zero-order valence-electron chi connectivity index (χ0n) is 10.9. The molecule has 2 nitrogen and oxygen atoms in total. The maximum atomic E-state index is 12.5. The van der Waals surface area contributed by atoms with Crippen LogP contribution < -0.4 is 0 Å². The zero-order chi connectivity index (χ0) is 14.6. The van der Waals surface area contributed by atoms with Crippen LogP contribution in [0.1, 0.15) is 29.0 Å². The highest BCUT2D eigenvalue weighted by Gasteiger charge is 2.38. The number of hydrogen-bond donors (Lipinski definition) is 1. The van der Waals surface area contributed by atoms with Gasteiger partial charge in [-0.05, 0) is 25.0 Å². The van der Waals surface area contributed by atoms with E-state index in [0.717, 1.165) is 22.6 Å². The molecule has 0 aromatic carbocycles. The van der Waals surface area contributed by atoms with Gasteiger partial charge in [-0.15, -0.1) is 11.3 Å². The Labute approximate surface area is 120 Å². The summed E-state index contributed by atoms with van der Waals surface area (Å²) in [5, 5.41) is 8.63. The van der Waals surface area contributed by atoms with Gasteiger partial charge in [-0.25, -0.2) is 0 Å². The average molecular weight is 303 g/mol. The van der Waals surface area contributed by atoms with Crippen LogP contribution in [0, 0.1) is 11.8 Å². The van der Waals surface area contributed by atoms with E-state index < -0.39 is 12.7 Å². The van der Waals surface area contributed by atoms with E-state index in [1.807, 2.05) is 12.1 Å². The lowest BCUT2D eigenvalue weighted by Gasteiger charge is -2.22. The Morgan fingerprint density at radius 1 is 1.35 bits per heavy atom. The molecule has 1 aliphatic rings. The van der Waals surface area contributed by atoms with Crippen LogP contribution in [0.15, 0.2) is 12.1 Å². The van der Waals surface area contributed by atoms with E-state index in [0.29, 0.717) is 13.0 Å². The van der Waals surface area contributed by atoms with Crippen molar-refractivity contribution in [1.82, 2.24) is 4.90 Å². The highest BCUT2D eigenvalue weighted by atomic mass is 32.1. The van der Waals surface area contributed by atoms with Gasteiger partial charge < -0.3 is 5.11 Å². The van der Waals surface area contributed by atoms with Crippen molar-refractivity contribution in [2.24, 2.45) is 0 Å². The Bertz CT molecular complexity index is 496. The first kappa shape index (κ1) is 15.4. The predicted octanol–water partition coefficient (Wildman–Crippen LogP) is 3.01. The number of thiophene rings is 1. The van der Waals surface area contributed by atoms with Crippen molar-refractivity contribution < 1.29 is 18.3 Å². The maximum Gasteiger partial charge on any atom is 0.401 e. The number of aliphatic hydroxyl groups excluding tert-OH is 1. The summed E-state index contributed by atoms with van der Waals surface area (Å²) in [6, 6.07) is 3.73. The molecule has 0 aliphatic heterocycles. The number of aliphatic hydroxyl groups is 1. The van der Waals surface area contributed by atoms with Gasteiger partial charge in [0.2, 0.25) is 0 Å². The third-order valence-corrected chi connectivity index (χ3v) is 3.90. The van der Waals surface area contributed by atoms with E-state index in [9.17, 15) is 13.2 Å². The van der Waals surface area contributed by atoms with E-state index in [2.05, 4.69) is 11.8 Å². The van der Waals surface area contributed by atoms with E-state index >= 15 is 0 Å². The number of hydrogen-bond acceptors (Lipinski definition) is 3. The second-order valence-corrected chi connectivity index (χ2v) is 5.96. The molecule has 1 fully saturated rings. The average Bonchev–Trinajstić information content (AvgIpc) is 3.10. The van der Waals surface area contributed by atoms with Crippen molar-refractivity contribution in [3.63, 3.8) is 0 Å². The van der Waals surface area contributed by atoms with E-state index in [4.69, 9.17) is 5.11 Å². The highest BCUT2D eigenvalue weighted by Crippen LogP contribution is 2.32. The van der Waals surface area contributed by atoms with Crippen molar-refractivity contribution in [2.75, 3.05) is 13.2 Å². The molecule has 1 saturated carbocycles. The van der Waals surface area contributed by atoms with Crippen LogP contribution in [0.4, 0.5) is 13.2 Å². The van der Waals surface area contributed by atoms with Crippen LogP contribution in [0.5, 0.6) is 0 Å². The number of alkyl halides is 3. The third kappa shape index (κ3) is 5.16. The Kier molecular flexibility index (Phi) is 5.08. The Morgan fingerprint density at radius 3 is 2.70 bits per heavy atom. The second kappa shape index (κ2) is 6.61. The molecule has 0 spiro atoms. The summed E-state index contributed by atoms with van der Waals surface area (Å²) in [4.78, 5) is 3.22. The largest absolute Gasteiger partial charge is 0.401 e. The van der Waals surface area contributed by atoms with Crippen LogP contribution in [-0.2, 0) is 6.54 Å². The van der Waals surface area contributed by atoms with E-state index in [1.165, 1.54) is 16.2 Å². The lowest BCUT2D eigenvalue weighted by Crippen LogP contribution is -2.35. The minimum absolute atomic E-state index is 0.0201. The van der Waals surface area contributed by atoms with Gasteiger partial charge in [-0.1, -0.05) is 11.8 Å². The first-order chi connectivity index (χ1) is 9.48. The lowest BCUT2D eigenvalue weighted by atomic mass is 10.3. The van der Waals surface area contributed by atoms with Crippen LogP contribution in [0.25, 0.3) is 0 Å². The SMILES string of the molecule is OCCC#Cc1ccc(CN(CC(F)(F)F)C2CC2)s1. The van der Waals surface area contributed by atoms with E-state index in [1.54, 1.807) is 0 Å². The molecule has 6 heteroatoms. The van der Waals surface area contributed by atoms with Crippen molar-refractivity contribution >= 4 is 11.3 Å². The molecule has 20 heavy (non-hydrogen) atoms. The Morgan fingerprint density at radius 2 is 2.10 bits per heavy atom. The van der Waals surface area contributed by atoms with Crippen LogP contribution in [0.2, 0.25) is 0 Å². The molecule has 0 atom stereocenters. The third-order valence-electron chi connectivity index (χ3n) is 2.91. The summed E-state index contributed by atoms with van der Waals surface area (Å²) in [5.41, 5.74) is 0. The van der Waals surface area contributed by atoms with Gasteiger partial charge in [0.05, 0.1) is 18.0 Å². The standard InChI is InChI=1S/C14H16F3NOS/c15-14(16,17)10-18(11-4-5-11)9-13-7-6-12(20-13)3-1-2-8-19/h6-7,11,19H,2,4-5,8-10H2. The van der Waals surface area contributed by atoms with Crippen molar-refractivity contribution in [2.45, 2.75) is 38.0 Å². The second-order valence-electron chi connectivity index (χ2n) is 4.79. The van der Waals surface area contributed by atoms with Crippen LogP contribution in [0.3, 0.4) is 0 Å². The fraction of sp³-hybridized carbons (Fsp3) is 0.571. The quantitative estimate of drug-likeness (QED) is 0.845. The van der Waals surface area contributed by atoms with Gasteiger partial charge in [0.1, 0.15) is 0 Å². The van der Waals surface area contributed by atoms with Crippen molar-refractivity contribution in [3.8, 4) is 11.8 Å². The first-order valence-corrected chi connectivity index (χ1v) is 7.29.